The van der Waals surface area contributed by atoms with Crippen LogP contribution in [0.4, 0.5) is 0 Å². The highest BCUT2D eigenvalue weighted by Crippen LogP contribution is 2.16. The third-order valence-electron chi connectivity index (χ3n) is 2.07. The molecule has 0 aliphatic rings. The van der Waals surface area contributed by atoms with Crippen molar-refractivity contribution < 1.29 is 0 Å². The first kappa shape index (κ1) is 10.6. The Balaban J connectivity index is 0.000000461. The number of hydrogen-bond acceptors (Lipinski definition) is 2. The molecule has 2 rings (SSSR count). The molecule has 1 heterocycles. The molecule has 74 valence electrons. The molecule has 1 aromatic heterocycles. The first-order valence-electron chi connectivity index (χ1n) is 4.96. The Morgan fingerprint density at radius 1 is 1.00 bits per heavy atom. The average molecular weight is 188 g/mol. The molecule has 0 amide bonds. The third-order valence-corrected chi connectivity index (χ3v) is 2.07. The van der Waals surface area contributed by atoms with E-state index in [1.54, 1.807) is 6.33 Å². The van der Waals surface area contributed by atoms with Crippen molar-refractivity contribution in [3.05, 3.63) is 35.8 Å². The van der Waals surface area contributed by atoms with E-state index >= 15 is 0 Å². The molecule has 0 saturated carbocycles. The van der Waals surface area contributed by atoms with Crippen molar-refractivity contribution in [2.75, 3.05) is 0 Å². The van der Waals surface area contributed by atoms with E-state index in [1.165, 1.54) is 5.56 Å². The summed E-state index contributed by atoms with van der Waals surface area (Å²) >= 11 is 0. The molecule has 0 saturated heterocycles. The van der Waals surface area contributed by atoms with Gasteiger partial charge in [-0.2, -0.15) is 0 Å². The van der Waals surface area contributed by atoms with Gasteiger partial charge in [-0.1, -0.05) is 32.0 Å². The zero-order chi connectivity index (χ0) is 10.6. The summed E-state index contributed by atoms with van der Waals surface area (Å²) in [5.74, 6) is 0. The molecule has 1 aromatic carbocycles. The summed E-state index contributed by atoms with van der Waals surface area (Å²) < 4.78 is 0. The summed E-state index contributed by atoms with van der Waals surface area (Å²) in [6, 6.07) is 6.15. The van der Waals surface area contributed by atoms with Gasteiger partial charge < -0.3 is 0 Å². The Morgan fingerprint density at radius 3 is 2.36 bits per heavy atom. The number of hydrogen-bond donors (Lipinski definition) is 0. The van der Waals surface area contributed by atoms with Crippen molar-refractivity contribution in [3.8, 4) is 0 Å². The average Bonchev–Trinajstić information content (AvgIpc) is 2.23. The third kappa shape index (κ3) is 1.90. The first-order chi connectivity index (χ1) is 6.79. The van der Waals surface area contributed by atoms with Crippen LogP contribution in [0.3, 0.4) is 0 Å². The smallest absolute Gasteiger partial charge is 0.116 e. The Labute approximate surface area is 85.0 Å². The minimum Gasteiger partial charge on any atom is -0.241 e. The van der Waals surface area contributed by atoms with Crippen LogP contribution in [0.5, 0.6) is 0 Å². The Kier molecular flexibility index (Phi) is 3.57. The highest BCUT2D eigenvalue weighted by atomic mass is 14.8. The Morgan fingerprint density at radius 2 is 1.71 bits per heavy atom. The van der Waals surface area contributed by atoms with E-state index in [9.17, 15) is 0 Å². The molecule has 0 spiro atoms. The molecule has 0 radical (unpaired) electrons. The zero-order valence-corrected chi connectivity index (χ0v) is 9.20. The maximum atomic E-state index is 4.23. The van der Waals surface area contributed by atoms with Gasteiger partial charge in [-0.05, 0) is 19.4 Å². The maximum Gasteiger partial charge on any atom is 0.116 e. The van der Waals surface area contributed by atoms with E-state index in [0.29, 0.717) is 0 Å². The number of fused-ring (bicyclic) bond motifs is 1. The van der Waals surface area contributed by atoms with Crippen LogP contribution < -0.4 is 0 Å². The van der Waals surface area contributed by atoms with Gasteiger partial charge in [0, 0.05) is 11.1 Å². The summed E-state index contributed by atoms with van der Waals surface area (Å²) in [4.78, 5) is 8.37. The van der Waals surface area contributed by atoms with E-state index in [-0.39, 0.29) is 0 Å². The molecule has 0 bridgehead atoms. The number of aryl methyl sites for hydroxylation is 2. The van der Waals surface area contributed by atoms with Crippen LogP contribution in [0.15, 0.2) is 24.5 Å². The maximum absolute atomic E-state index is 4.23. The van der Waals surface area contributed by atoms with Crippen molar-refractivity contribution in [1.29, 1.82) is 0 Å². The second kappa shape index (κ2) is 4.70. The quantitative estimate of drug-likeness (QED) is 0.634. The van der Waals surface area contributed by atoms with Crippen LogP contribution in [-0.4, -0.2) is 9.97 Å². The van der Waals surface area contributed by atoms with Crippen LogP contribution in [0.25, 0.3) is 10.9 Å². The number of para-hydroxylation sites is 1. The highest BCUT2D eigenvalue weighted by molar-refractivity contribution is 5.83. The Bertz CT molecular complexity index is 380. The number of benzene rings is 1. The number of aromatic nitrogens is 2. The summed E-state index contributed by atoms with van der Waals surface area (Å²) in [5.41, 5.74) is 3.31. The minimum atomic E-state index is 1.05. The molecule has 0 aliphatic carbocycles. The summed E-state index contributed by atoms with van der Waals surface area (Å²) in [6.07, 6.45) is 1.62. The van der Waals surface area contributed by atoms with Crippen LogP contribution in [0.1, 0.15) is 25.1 Å². The first-order valence-corrected chi connectivity index (χ1v) is 4.96. The van der Waals surface area contributed by atoms with Crippen molar-refractivity contribution >= 4 is 10.9 Å². The molecule has 2 aromatic rings. The molecular weight excluding hydrogens is 172 g/mol. The van der Waals surface area contributed by atoms with E-state index in [1.807, 2.05) is 26.8 Å². The molecule has 14 heavy (non-hydrogen) atoms. The zero-order valence-electron chi connectivity index (χ0n) is 9.20. The lowest BCUT2D eigenvalue weighted by Gasteiger charge is -2.01. The lowest BCUT2D eigenvalue weighted by Crippen LogP contribution is -1.88. The summed E-state index contributed by atoms with van der Waals surface area (Å²) in [7, 11) is 0. The van der Waals surface area contributed by atoms with Crippen LogP contribution in [0.2, 0.25) is 0 Å². The molecule has 0 aliphatic heterocycles. The molecule has 0 atom stereocenters. The van der Waals surface area contributed by atoms with Crippen molar-refractivity contribution in [2.24, 2.45) is 0 Å². The molecule has 0 N–H and O–H groups in total. The normalized spacial score (nSPS) is 9.43. The van der Waals surface area contributed by atoms with Gasteiger partial charge in [0.1, 0.15) is 6.33 Å². The Hall–Kier alpha value is -1.44. The van der Waals surface area contributed by atoms with Crippen molar-refractivity contribution in [2.45, 2.75) is 27.7 Å². The largest absolute Gasteiger partial charge is 0.241 e. The van der Waals surface area contributed by atoms with Gasteiger partial charge in [-0.15, -0.1) is 0 Å². The van der Waals surface area contributed by atoms with Crippen molar-refractivity contribution in [3.63, 3.8) is 0 Å². The molecule has 0 fully saturated rings. The fraction of sp³-hybridized carbons (Fsp3) is 0.333. The van der Waals surface area contributed by atoms with Crippen molar-refractivity contribution in [1.82, 2.24) is 9.97 Å². The van der Waals surface area contributed by atoms with Gasteiger partial charge in [0.15, 0.2) is 0 Å². The van der Waals surface area contributed by atoms with E-state index in [4.69, 9.17) is 0 Å². The SMILES string of the molecule is CC.Cc1ncnc2c(C)cccc12. The van der Waals surface area contributed by atoms with Gasteiger partial charge in [0.05, 0.1) is 5.52 Å². The second-order valence-corrected chi connectivity index (χ2v) is 2.93. The predicted octanol–water partition coefficient (Wildman–Crippen LogP) is 3.27. The van der Waals surface area contributed by atoms with E-state index < -0.39 is 0 Å². The standard InChI is InChI=1S/C10H10N2.C2H6/c1-7-4-3-5-9-8(2)11-6-12-10(7)9;1-2/h3-6H,1-2H3;1-2H3. The van der Waals surface area contributed by atoms with Crippen LogP contribution >= 0.6 is 0 Å². The van der Waals surface area contributed by atoms with Gasteiger partial charge in [0.25, 0.3) is 0 Å². The van der Waals surface area contributed by atoms with Gasteiger partial charge >= 0.3 is 0 Å². The van der Waals surface area contributed by atoms with E-state index in [0.717, 1.165) is 16.6 Å². The van der Waals surface area contributed by atoms with Gasteiger partial charge in [-0.25, -0.2) is 9.97 Å². The highest BCUT2D eigenvalue weighted by Gasteiger charge is 1.99. The molecule has 2 nitrogen and oxygen atoms in total. The lowest BCUT2D eigenvalue weighted by molar-refractivity contribution is 1.14. The van der Waals surface area contributed by atoms with E-state index in [2.05, 4.69) is 29.0 Å². The molecule has 0 unspecified atom stereocenters. The number of nitrogens with zero attached hydrogens (tertiary/aromatic N) is 2. The van der Waals surface area contributed by atoms with Crippen LogP contribution in [-0.2, 0) is 0 Å². The molecular formula is C12H16N2. The molecule has 2 heteroatoms. The summed E-state index contributed by atoms with van der Waals surface area (Å²) in [5, 5.41) is 1.15. The number of rotatable bonds is 0. The van der Waals surface area contributed by atoms with Crippen LogP contribution in [0, 0.1) is 13.8 Å². The lowest BCUT2D eigenvalue weighted by atomic mass is 10.1. The summed E-state index contributed by atoms with van der Waals surface area (Å²) in [6.45, 7) is 8.07. The fourth-order valence-corrected chi connectivity index (χ4v) is 1.37. The second-order valence-electron chi connectivity index (χ2n) is 2.93. The fourth-order valence-electron chi connectivity index (χ4n) is 1.37. The predicted molar refractivity (Wildman–Crippen MR) is 60.4 cm³/mol. The van der Waals surface area contributed by atoms with Gasteiger partial charge in [0.2, 0.25) is 0 Å². The van der Waals surface area contributed by atoms with Gasteiger partial charge in [-0.3, -0.25) is 0 Å². The minimum absolute atomic E-state index is 1.05. The topological polar surface area (TPSA) is 25.8 Å². The monoisotopic (exact) mass is 188 g/mol.